The van der Waals surface area contributed by atoms with Crippen molar-refractivity contribution in [1.82, 2.24) is 10.6 Å². The molecule has 174 valence electrons. The number of guanidine groups is 1. The molecule has 0 spiro atoms. The van der Waals surface area contributed by atoms with Gasteiger partial charge in [-0.25, -0.2) is 9.18 Å². The summed E-state index contributed by atoms with van der Waals surface area (Å²) < 4.78 is 24.5. The molecule has 0 bridgehead atoms. The fraction of sp³-hybridized carbons (Fsp3) is 0.391. The highest BCUT2D eigenvalue weighted by Gasteiger charge is 2.22. The second-order valence-corrected chi connectivity index (χ2v) is 7.55. The normalized spacial score (nSPS) is 14.1. The number of carbonyl (C=O) groups excluding carboxylic acids is 1. The number of amides is 1. The Morgan fingerprint density at radius 2 is 1.94 bits per heavy atom. The van der Waals surface area contributed by atoms with Crippen LogP contribution in [0.25, 0.3) is 0 Å². The number of methoxy groups -OCH3 is 1. The average Bonchev–Trinajstić information content (AvgIpc) is 3.61. The van der Waals surface area contributed by atoms with Crippen LogP contribution in [-0.4, -0.2) is 32.8 Å². The zero-order valence-electron chi connectivity index (χ0n) is 18.5. The SMILES string of the molecule is CN=C(NCc1ccc(NC(=O)OC)cc1)NC(C)c1ccc(OCC2CC2)c(F)c1.I. The quantitative estimate of drug-likeness (QED) is 0.246. The Balaban J connectivity index is 0.00000363. The molecule has 0 radical (unpaired) electrons. The van der Waals surface area contributed by atoms with Crippen LogP contribution in [-0.2, 0) is 11.3 Å². The maximum absolute atomic E-state index is 14.4. The summed E-state index contributed by atoms with van der Waals surface area (Å²) in [7, 11) is 3.00. The number of halogens is 2. The van der Waals surface area contributed by atoms with Crippen molar-refractivity contribution in [1.29, 1.82) is 0 Å². The lowest BCUT2D eigenvalue weighted by Crippen LogP contribution is -2.38. The highest BCUT2D eigenvalue weighted by Crippen LogP contribution is 2.30. The van der Waals surface area contributed by atoms with Gasteiger partial charge in [0.25, 0.3) is 0 Å². The van der Waals surface area contributed by atoms with Gasteiger partial charge < -0.3 is 20.1 Å². The van der Waals surface area contributed by atoms with E-state index in [9.17, 15) is 9.18 Å². The smallest absolute Gasteiger partial charge is 0.411 e. The number of aliphatic imine (C=N–C) groups is 1. The number of nitrogens with one attached hydrogen (secondary N) is 3. The summed E-state index contributed by atoms with van der Waals surface area (Å²) in [4.78, 5) is 15.5. The zero-order chi connectivity index (χ0) is 22.2. The van der Waals surface area contributed by atoms with E-state index in [0.29, 0.717) is 36.5 Å². The lowest BCUT2D eigenvalue weighted by molar-refractivity contribution is 0.187. The number of rotatable bonds is 8. The van der Waals surface area contributed by atoms with E-state index in [2.05, 4.69) is 25.7 Å². The highest BCUT2D eigenvalue weighted by molar-refractivity contribution is 14.0. The first-order valence-electron chi connectivity index (χ1n) is 10.3. The van der Waals surface area contributed by atoms with Crippen LogP contribution < -0.4 is 20.7 Å². The third kappa shape index (κ3) is 7.85. The molecule has 1 amide bonds. The third-order valence-electron chi connectivity index (χ3n) is 5.05. The van der Waals surface area contributed by atoms with Gasteiger partial charge in [-0.3, -0.25) is 10.3 Å². The van der Waals surface area contributed by atoms with Crippen LogP contribution in [0.5, 0.6) is 5.75 Å². The van der Waals surface area contributed by atoms with Crippen molar-refractivity contribution in [3.05, 3.63) is 59.4 Å². The molecule has 3 rings (SSSR count). The Labute approximate surface area is 205 Å². The van der Waals surface area contributed by atoms with Crippen molar-refractivity contribution in [2.24, 2.45) is 10.9 Å². The number of benzene rings is 2. The molecule has 1 saturated carbocycles. The van der Waals surface area contributed by atoms with Crippen molar-refractivity contribution < 1.29 is 18.7 Å². The lowest BCUT2D eigenvalue weighted by Gasteiger charge is -2.19. The second-order valence-electron chi connectivity index (χ2n) is 7.55. The number of hydrogen-bond acceptors (Lipinski definition) is 4. The summed E-state index contributed by atoms with van der Waals surface area (Å²) in [6.07, 6.45) is 1.83. The van der Waals surface area contributed by atoms with E-state index in [4.69, 9.17) is 4.74 Å². The predicted octanol–water partition coefficient (Wildman–Crippen LogP) is 4.84. The molecule has 32 heavy (non-hydrogen) atoms. The van der Waals surface area contributed by atoms with E-state index in [1.165, 1.54) is 26.0 Å². The molecule has 1 aliphatic carbocycles. The zero-order valence-corrected chi connectivity index (χ0v) is 20.8. The summed E-state index contributed by atoms with van der Waals surface area (Å²) in [6.45, 7) is 3.06. The standard InChI is InChI=1S/C23H29FN4O3.HI/c1-15(18-8-11-21(20(24)12-18)31-14-17-4-5-17)27-22(25-2)26-13-16-6-9-19(10-7-16)28-23(29)30-3;/h6-12,15,17H,4-5,13-14H2,1-3H3,(H,28,29)(H2,25,26,27);1H. The minimum atomic E-state index is -0.511. The maximum Gasteiger partial charge on any atom is 0.411 e. The molecule has 0 saturated heterocycles. The van der Waals surface area contributed by atoms with Crippen LogP contribution in [0.2, 0.25) is 0 Å². The third-order valence-corrected chi connectivity index (χ3v) is 5.05. The topological polar surface area (TPSA) is 84.0 Å². The van der Waals surface area contributed by atoms with E-state index in [-0.39, 0.29) is 35.8 Å². The molecule has 2 aromatic carbocycles. The molecular formula is C23H30FIN4O3. The molecule has 0 aromatic heterocycles. The fourth-order valence-electron chi connectivity index (χ4n) is 2.94. The Morgan fingerprint density at radius 3 is 2.53 bits per heavy atom. The molecule has 0 aliphatic heterocycles. The highest BCUT2D eigenvalue weighted by atomic mass is 127. The van der Waals surface area contributed by atoms with Gasteiger partial charge in [0.2, 0.25) is 0 Å². The summed E-state index contributed by atoms with van der Waals surface area (Å²) >= 11 is 0. The molecule has 2 aromatic rings. The van der Waals surface area contributed by atoms with Gasteiger partial charge in [0.15, 0.2) is 17.5 Å². The molecule has 9 heteroatoms. The Bertz CT molecular complexity index is 920. The van der Waals surface area contributed by atoms with Gasteiger partial charge in [-0.1, -0.05) is 18.2 Å². The van der Waals surface area contributed by atoms with Crippen LogP contribution in [0, 0.1) is 11.7 Å². The van der Waals surface area contributed by atoms with Gasteiger partial charge in [-0.15, -0.1) is 24.0 Å². The monoisotopic (exact) mass is 556 g/mol. The molecule has 1 aliphatic rings. The summed E-state index contributed by atoms with van der Waals surface area (Å²) in [5.74, 6) is 1.12. The van der Waals surface area contributed by atoms with E-state index in [1.807, 2.05) is 25.1 Å². The van der Waals surface area contributed by atoms with Crippen molar-refractivity contribution in [2.75, 3.05) is 26.1 Å². The molecule has 1 atom stereocenters. The van der Waals surface area contributed by atoms with E-state index < -0.39 is 6.09 Å². The van der Waals surface area contributed by atoms with Crippen LogP contribution in [0.1, 0.15) is 36.9 Å². The summed E-state index contributed by atoms with van der Waals surface area (Å²) in [6, 6.07) is 12.3. The number of ether oxygens (including phenoxy) is 2. The molecule has 0 heterocycles. The van der Waals surface area contributed by atoms with E-state index in [0.717, 1.165) is 11.1 Å². The van der Waals surface area contributed by atoms with Crippen LogP contribution in [0.15, 0.2) is 47.5 Å². The second kappa shape index (κ2) is 12.5. The van der Waals surface area contributed by atoms with Crippen LogP contribution in [0.3, 0.4) is 0 Å². The number of hydrogen-bond donors (Lipinski definition) is 3. The first kappa shape index (κ1) is 25.7. The Morgan fingerprint density at radius 1 is 1.22 bits per heavy atom. The summed E-state index contributed by atoms with van der Waals surface area (Å²) in [5.41, 5.74) is 2.46. The van der Waals surface area contributed by atoms with Gasteiger partial charge in [0.05, 0.1) is 19.8 Å². The minimum absolute atomic E-state index is 0. The summed E-state index contributed by atoms with van der Waals surface area (Å²) in [5, 5.41) is 9.10. The van der Waals surface area contributed by atoms with E-state index >= 15 is 0 Å². The fourth-order valence-corrected chi connectivity index (χ4v) is 2.94. The number of carbonyl (C=O) groups is 1. The number of nitrogens with zero attached hydrogens (tertiary/aromatic N) is 1. The molecule has 7 nitrogen and oxygen atoms in total. The molecule has 1 fully saturated rings. The Hall–Kier alpha value is -2.56. The van der Waals surface area contributed by atoms with Crippen molar-refractivity contribution in [3.8, 4) is 5.75 Å². The van der Waals surface area contributed by atoms with Crippen LogP contribution >= 0.6 is 24.0 Å². The maximum atomic E-state index is 14.4. The van der Waals surface area contributed by atoms with Crippen molar-refractivity contribution in [3.63, 3.8) is 0 Å². The van der Waals surface area contributed by atoms with Gasteiger partial charge in [-0.2, -0.15) is 0 Å². The van der Waals surface area contributed by atoms with Crippen LogP contribution in [0.4, 0.5) is 14.9 Å². The molecular weight excluding hydrogens is 526 g/mol. The number of anilines is 1. The first-order valence-corrected chi connectivity index (χ1v) is 10.3. The van der Waals surface area contributed by atoms with Gasteiger partial charge in [0.1, 0.15) is 0 Å². The minimum Gasteiger partial charge on any atom is -0.490 e. The van der Waals surface area contributed by atoms with Crippen molar-refractivity contribution >= 4 is 41.7 Å². The largest absolute Gasteiger partial charge is 0.490 e. The van der Waals surface area contributed by atoms with Gasteiger partial charge >= 0.3 is 6.09 Å². The van der Waals surface area contributed by atoms with Gasteiger partial charge in [0, 0.05) is 19.3 Å². The first-order chi connectivity index (χ1) is 15.0. The van der Waals surface area contributed by atoms with Gasteiger partial charge in [-0.05, 0) is 61.1 Å². The van der Waals surface area contributed by atoms with Crippen molar-refractivity contribution in [2.45, 2.75) is 32.4 Å². The average molecular weight is 556 g/mol. The lowest BCUT2D eigenvalue weighted by atomic mass is 10.1. The predicted molar refractivity (Wildman–Crippen MR) is 134 cm³/mol. The Kier molecular flexibility index (Phi) is 10.0. The van der Waals surface area contributed by atoms with E-state index in [1.54, 1.807) is 25.2 Å². The molecule has 1 unspecified atom stereocenters. The molecule has 3 N–H and O–H groups in total.